The lowest BCUT2D eigenvalue weighted by Gasteiger charge is -2.22. The van der Waals surface area contributed by atoms with E-state index in [1.54, 1.807) is 16.4 Å². The van der Waals surface area contributed by atoms with Crippen molar-refractivity contribution in [2.45, 2.75) is 57.0 Å². The fourth-order valence-corrected chi connectivity index (χ4v) is 4.11. The molecule has 4 nitrogen and oxygen atoms in total. The molecule has 0 bridgehead atoms. The maximum absolute atomic E-state index is 12.8. The molecule has 0 amide bonds. The van der Waals surface area contributed by atoms with Crippen LogP contribution in [0, 0.1) is 6.92 Å². The van der Waals surface area contributed by atoms with Crippen molar-refractivity contribution in [3.8, 4) is 0 Å². The average Bonchev–Trinajstić information content (AvgIpc) is 3.24. The zero-order valence-electron chi connectivity index (χ0n) is 12.3. The molecule has 0 saturated heterocycles. The summed E-state index contributed by atoms with van der Waals surface area (Å²) in [5.41, 5.74) is 7.62. The van der Waals surface area contributed by atoms with Crippen molar-refractivity contribution in [1.29, 1.82) is 0 Å². The summed E-state index contributed by atoms with van der Waals surface area (Å²) >= 11 is 0. The Morgan fingerprint density at radius 2 is 2.05 bits per heavy atom. The second-order valence-electron chi connectivity index (χ2n) is 5.49. The van der Waals surface area contributed by atoms with Crippen LogP contribution < -0.4 is 5.73 Å². The predicted molar refractivity (Wildman–Crippen MR) is 80.9 cm³/mol. The highest BCUT2D eigenvalue weighted by Crippen LogP contribution is 2.32. The van der Waals surface area contributed by atoms with Crippen LogP contribution in [-0.2, 0) is 16.6 Å². The number of rotatable bonds is 7. The van der Waals surface area contributed by atoms with Crippen LogP contribution in [0.5, 0.6) is 0 Å². The second kappa shape index (κ2) is 6.24. The monoisotopic (exact) mass is 296 g/mol. The highest BCUT2D eigenvalue weighted by Gasteiger charge is 2.37. The van der Waals surface area contributed by atoms with Crippen molar-refractivity contribution in [3.63, 3.8) is 0 Å². The van der Waals surface area contributed by atoms with Gasteiger partial charge in [-0.15, -0.1) is 0 Å². The van der Waals surface area contributed by atoms with Gasteiger partial charge in [-0.05, 0) is 49.4 Å². The van der Waals surface area contributed by atoms with E-state index >= 15 is 0 Å². The molecule has 2 N–H and O–H groups in total. The number of unbranched alkanes of at least 4 members (excludes halogenated alkanes) is 1. The lowest BCUT2D eigenvalue weighted by molar-refractivity contribution is 0.395. The number of nitrogens with zero attached hydrogens (tertiary/aromatic N) is 1. The molecule has 1 fully saturated rings. The van der Waals surface area contributed by atoms with Gasteiger partial charge in [0.05, 0.1) is 4.90 Å². The first kappa shape index (κ1) is 15.5. The summed E-state index contributed by atoms with van der Waals surface area (Å²) in [5.74, 6) is 0. The van der Waals surface area contributed by atoms with Crippen molar-refractivity contribution in [1.82, 2.24) is 4.31 Å². The molecule has 1 aliphatic rings. The third kappa shape index (κ3) is 3.22. The van der Waals surface area contributed by atoms with Gasteiger partial charge < -0.3 is 5.73 Å². The first-order valence-corrected chi connectivity index (χ1v) is 8.76. The largest absolute Gasteiger partial charge is 0.326 e. The molecule has 1 saturated carbocycles. The van der Waals surface area contributed by atoms with Crippen LogP contribution in [0.1, 0.15) is 43.7 Å². The highest BCUT2D eigenvalue weighted by atomic mass is 32.2. The van der Waals surface area contributed by atoms with E-state index < -0.39 is 10.0 Å². The number of benzene rings is 1. The van der Waals surface area contributed by atoms with E-state index in [1.807, 2.05) is 13.0 Å². The molecule has 2 rings (SSSR count). The van der Waals surface area contributed by atoms with Gasteiger partial charge in [0.1, 0.15) is 0 Å². The number of sulfonamides is 1. The van der Waals surface area contributed by atoms with Gasteiger partial charge in [-0.1, -0.05) is 19.4 Å². The summed E-state index contributed by atoms with van der Waals surface area (Å²) in [6.45, 7) is 5.02. The van der Waals surface area contributed by atoms with E-state index in [2.05, 4.69) is 6.92 Å². The first-order valence-electron chi connectivity index (χ1n) is 7.32. The summed E-state index contributed by atoms with van der Waals surface area (Å²) in [7, 11) is -3.38. The Labute approximate surface area is 122 Å². The SMILES string of the molecule is CCCCN(C1CC1)S(=O)(=O)c1ccc(C)c(CN)c1. The standard InChI is InChI=1S/C15H24N2O2S/c1-3-4-9-17(14-6-7-14)20(18,19)15-8-5-12(2)13(10-15)11-16/h5,8,10,14H,3-4,6-7,9,11,16H2,1-2H3. The molecule has 112 valence electrons. The van der Waals surface area contributed by atoms with Gasteiger partial charge in [-0.25, -0.2) is 8.42 Å². The maximum Gasteiger partial charge on any atom is 0.243 e. The van der Waals surface area contributed by atoms with Crippen LogP contribution in [0.25, 0.3) is 0 Å². The summed E-state index contributed by atoms with van der Waals surface area (Å²) in [6.07, 6.45) is 3.88. The van der Waals surface area contributed by atoms with Gasteiger partial charge >= 0.3 is 0 Å². The Kier molecular flexibility index (Phi) is 4.83. The molecule has 5 heteroatoms. The molecule has 0 heterocycles. The van der Waals surface area contributed by atoms with Gasteiger partial charge in [-0.3, -0.25) is 0 Å². The molecule has 0 atom stereocenters. The summed E-state index contributed by atoms with van der Waals surface area (Å²) in [4.78, 5) is 0.381. The minimum Gasteiger partial charge on any atom is -0.326 e. The van der Waals surface area contributed by atoms with E-state index in [9.17, 15) is 8.42 Å². The van der Waals surface area contributed by atoms with Gasteiger partial charge in [0, 0.05) is 19.1 Å². The number of nitrogens with two attached hydrogens (primary N) is 1. The highest BCUT2D eigenvalue weighted by molar-refractivity contribution is 7.89. The molecule has 1 aliphatic carbocycles. The number of aryl methyl sites for hydroxylation is 1. The molecular weight excluding hydrogens is 272 g/mol. The Morgan fingerprint density at radius 1 is 1.35 bits per heavy atom. The van der Waals surface area contributed by atoms with E-state index in [0.29, 0.717) is 18.0 Å². The van der Waals surface area contributed by atoms with E-state index in [-0.39, 0.29) is 6.04 Å². The number of hydrogen-bond donors (Lipinski definition) is 1. The van der Waals surface area contributed by atoms with Crippen LogP contribution in [0.2, 0.25) is 0 Å². The Balaban J connectivity index is 2.32. The molecule has 0 aromatic heterocycles. The van der Waals surface area contributed by atoms with Crippen LogP contribution in [-0.4, -0.2) is 25.3 Å². The topological polar surface area (TPSA) is 63.4 Å². The van der Waals surface area contributed by atoms with Gasteiger partial charge in [0.2, 0.25) is 10.0 Å². The molecule has 0 radical (unpaired) electrons. The van der Waals surface area contributed by atoms with Crippen LogP contribution in [0.3, 0.4) is 0 Å². The lowest BCUT2D eigenvalue weighted by atomic mass is 10.1. The fourth-order valence-electron chi connectivity index (χ4n) is 2.34. The first-order chi connectivity index (χ1) is 9.50. The molecule has 0 aliphatic heterocycles. The molecule has 20 heavy (non-hydrogen) atoms. The van der Waals surface area contributed by atoms with Gasteiger partial charge in [-0.2, -0.15) is 4.31 Å². The molecule has 1 aromatic rings. The minimum absolute atomic E-state index is 0.203. The van der Waals surface area contributed by atoms with Crippen molar-refractivity contribution >= 4 is 10.0 Å². The zero-order valence-corrected chi connectivity index (χ0v) is 13.1. The molecular formula is C15H24N2O2S. The Hall–Kier alpha value is -0.910. The van der Waals surface area contributed by atoms with Crippen molar-refractivity contribution in [2.75, 3.05) is 6.54 Å². The van der Waals surface area contributed by atoms with Gasteiger partial charge in [0.25, 0.3) is 0 Å². The van der Waals surface area contributed by atoms with E-state index in [4.69, 9.17) is 5.73 Å². The third-order valence-electron chi connectivity index (χ3n) is 3.83. The van der Waals surface area contributed by atoms with Crippen LogP contribution in [0.15, 0.2) is 23.1 Å². The zero-order chi connectivity index (χ0) is 14.8. The smallest absolute Gasteiger partial charge is 0.243 e. The predicted octanol–water partition coefficient (Wildman–Crippen LogP) is 2.41. The van der Waals surface area contributed by atoms with Gasteiger partial charge in [0.15, 0.2) is 0 Å². The third-order valence-corrected chi connectivity index (χ3v) is 5.78. The van der Waals surface area contributed by atoms with Crippen molar-refractivity contribution in [2.24, 2.45) is 5.73 Å². The quantitative estimate of drug-likeness (QED) is 0.840. The van der Waals surface area contributed by atoms with E-state index in [1.165, 1.54) is 0 Å². The van der Waals surface area contributed by atoms with Crippen LogP contribution >= 0.6 is 0 Å². The molecule has 0 unspecified atom stereocenters. The Morgan fingerprint density at radius 3 is 2.60 bits per heavy atom. The Bertz CT molecular complexity index is 565. The second-order valence-corrected chi connectivity index (χ2v) is 7.38. The molecule has 1 aromatic carbocycles. The van der Waals surface area contributed by atoms with Crippen molar-refractivity contribution < 1.29 is 8.42 Å². The summed E-state index contributed by atoms with van der Waals surface area (Å²) < 4.78 is 27.3. The normalized spacial score (nSPS) is 15.8. The molecule has 0 spiro atoms. The summed E-state index contributed by atoms with van der Waals surface area (Å²) in [6, 6.07) is 5.48. The van der Waals surface area contributed by atoms with E-state index in [0.717, 1.165) is 36.8 Å². The van der Waals surface area contributed by atoms with Crippen molar-refractivity contribution in [3.05, 3.63) is 29.3 Å². The average molecular weight is 296 g/mol. The van der Waals surface area contributed by atoms with Crippen LogP contribution in [0.4, 0.5) is 0 Å². The summed E-state index contributed by atoms with van der Waals surface area (Å²) in [5, 5.41) is 0. The number of hydrogen-bond acceptors (Lipinski definition) is 3. The lowest BCUT2D eigenvalue weighted by Crippen LogP contribution is -2.34. The minimum atomic E-state index is -3.38. The fraction of sp³-hybridized carbons (Fsp3) is 0.600. The maximum atomic E-state index is 12.8.